The van der Waals surface area contributed by atoms with E-state index in [2.05, 4.69) is 57.4 Å². The second-order valence-corrected chi connectivity index (χ2v) is 8.35. The Kier molecular flexibility index (Phi) is 4.39. The van der Waals surface area contributed by atoms with Gasteiger partial charge >= 0.3 is 0 Å². The number of hydrogen-bond donors (Lipinski definition) is 0. The summed E-state index contributed by atoms with van der Waals surface area (Å²) in [5.74, 6) is 2.30. The van der Waals surface area contributed by atoms with Gasteiger partial charge in [-0.1, -0.05) is 36.4 Å². The molecule has 4 heterocycles. The number of rotatable bonds is 3. The van der Waals surface area contributed by atoms with Crippen LogP contribution in [0.3, 0.4) is 0 Å². The first-order chi connectivity index (χ1) is 17.3. The molecule has 3 aromatic carbocycles. The topological polar surface area (TPSA) is 51.4 Å². The van der Waals surface area contributed by atoms with Gasteiger partial charge in [0.25, 0.3) is 0 Å². The van der Waals surface area contributed by atoms with Gasteiger partial charge in [0.2, 0.25) is 0 Å². The fraction of sp³-hybridized carbons (Fsp3) is 0. The fourth-order valence-electron chi connectivity index (χ4n) is 4.57. The third-order valence-electron chi connectivity index (χ3n) is 6.17. The lowest BCUT2D eigenvalue weighted by Gasteiger charge is -2.26. The molecule has 1 aliphatic heterocycles. The molecule has 3 aromatic heterocycles. The van der Waals surface area contributed by atoms with Crippen molar-refractivity contribution >= 4 is 51.4 Å². The Morgan fingerprint density at radius 3 is 2.34 bits per heavy atom. The van der Waals surface area contributed by atoms with E-state index >= 15 is 0 Å². The summed E-state index contributed by atoms with van der Waals surface area (Å²) in [6.07, 6.45) is 7.86. The van der Waals surface area contributed by atoms with Crippen molar-refractivity contribution in [3.63, 3.8) is 0 Å². The number of ether oxygens (including phenoxy) is 1. The van der Waals surface area contributed by atoms with Crippen LogP contribution in [0.25, 0.3) is 34.2 Å². The van der Waals surface area contributed by atoms with Crippen LogP contribution in [0.4, 0.5) is 17.2 Å². The molecule has 0 aliphatic carbocycles. The molecule has 5 nitrogen and oxygen atoms in total. The number of nitrogens with zero attached hydrogens (tertiary/aromatic N) is 3. The summed E-state index contributed by atoms with van der Waals surface area (Å²) in [4.78, 5) is 11.3. The van der Waals surface area contributed by atoms with Crippen molar-refractivity contribution in [3.05, 3.63) is 115 Å². The lowest BCUT2D eigenvalue weighted by Crippen LogP contribution is -2.13. The summed E-state index contributed by atoms with van der Waals surface area (Å²) in [6.45, 7) is 0. The van der Waals surface area contributed by atoms with Gasteiger partial charge in [-0.15, -0.1) is 0 Å². The fourth-order valence-corrected chi connectivity index (χ4v) is 4.57. The van der Waals surface area contributed by atoms with Crippen LogP contribution in [0.15, 0.2) is 108 Å². The lowest BCUT2D eigenvalue weighted by atomic mass is 10.1. The number of hydrogen-bond acceptors (Lipinski definition) is 5. The average molecular weight is 454 g/mol. The number of benzene rings is 3. The van der Waals surface area contributed by atoms with Gasteiger partial charge in [0.1, 0.15) is 28.4 Å². The standard InChI is InChI=1S/C30H19N3O2/c1-2-7-25-20(6-1)10-11-21-12-13-23(19-26(21)33(25)29-9-3-4-16-31-29)34-22-14-15-27-24(18-22)30-28(35-27)8-5-17-32-30/h1-19H. The maximum absolute atomic E-state index is 6.34. The van der Waals surface area contributed by atoms with Gasteiger partial charge in [-0.05, 0) is 71.8 Å². The minimum atomic E-state index is 0.722. The molecule has 0 amide bonds. The largest absolute Gasteiger partial charge is 0.457 e. The molecule has 5 heteroatoms. The van der Waals surface area contributed by atoms with Gasteiger partial charge in [0.15, 0.2) is 5.58 Å². The Hall–Kier alpha value is -4.90. The van der Waals surface area contributed by atoms with E-state index in [0.717, 1.165) is 61.9 Å². The van der Waals surface area contributed by atoms with Crippen LogP contribution >= 0.6 is 0 Å². The van der Waals surface area contributed by atoms with Crippen LogP contribution < -0.4 is 9.64 Å². The quantitative estimate of drug-likeness (QED) is 0.270. The minimum absolute atomic E-state index is 0.722. The van der Waals surface area contributed by atoms with E-state index in [1.807, 2.05) is 66.9 Å². The van der Waals surface area contributed by atoms with E-state index in [1.165, 1.54) is 0 Å². The van der Waals surface area contributed by atoms with Crippen LogP contribution in [0.2, 0.25) is 0 Å². The maximum atomic E-state index is 6.34. The minimum Gasteiger partial charge on any atom is -0.457 e. The molecule has 0 saturated heterocycles. The highest BCUT2D eigenvalue weighted by Crippen LogP contribution is 2.43. The Labute approximate surface area is 201 Å². The van der Waals surface area contributed by atoms with E-state index in [-0.39, 0.29) is 0 Å². The molecule has 0 radical (unpaired) electrons. The summed E-state index contributed by atoms with van der Waals surface area (Å²) >= 11 is 0. The van der Waals surface area contributed by atoms with Gasteiger partial charge in [0.05, 0.1) is 16.8 Å². The second kappa shape index (κ2) is 7.85. The van der Waals surface area contributed by atoms with E-state index < -0.39 is 0 Å². The zero-order valence-electron chi connectivity index (χ0n) is 18.6. The molecule has 0 bridgehead atoms. The summed E-state index contributed by atoms with van der Waals surface area (Å²) in [5, 5.41) is 0.930. The molecular weight excluding hydrogens is 434 g/mol. The van der Waals surface area contributed by atoms with Crippen molar-refractivity contribution in [2.45, 2.75) is 0 Å². The predicted molar refractivity (Wildman–Crippen MR) is 139 cm³/mol. The zero-order chi connectivity index (χ0) is 23.2. The zero-order valence-corrected chi connectivity index (χ0v) is 18.6. The smallest absolute Gasteiger partial charge is 0.153 e. The Balaban J connectivity index is 1.33. The Morgan fingerprint density at radius 2 is 1.43 bits per heavy atom. The van der Waals surface area contributed by atoms with Gasteiger partial charge in [0, 0.05) is 18.5 Å². The number of pyridine rings is 2. The van der Waals surface area contributed by atoms with Crippen molar-refractivity contribution in [1.82, 2.24) is 9.97 Å². The van der Waals surface area contributed by atoms with Crippen LogP contribution in [-0.4, -0.2) is 9.97 Å². The Morgan fingerprint density at radius 1 is 0.629 bits per heavy atom. The molecule has 0 spiro atoms. The summed E-state index contributed by atoms with van der Waals surface area (Å²) < 4.78 is 12.2. The molecule has 35 heavy (non-hydrogen) atoms. The SMILES string of the molecule is C1=Cc2ccc(Oc3ccc4oc5cccnc5c4c3)cc2N(c2ccccn2)c2ccccc21. The first kappa shape index (κ1) is 19.6. The highest BCUT2D eigenvalue weighted by molar-refractivity contribution is 6.02. The second-order valence-electron chi connectivity index (χ2n) is 8.35. The monoisotopic (exact) mass is 453 g/mol. The van der Waals surface area contributed by atoms with Crippen molar-refractivity contribution in [3.8, 4) is 11.5 Å². The van der Waals surface area contributed by atoms with Crippen molar-refractivity contribution in [2.24, 2.45) is 0 Å². The van der Waals surface area contributed by atoms with Crippen LogP contribution in [-0.2, 0) is 0 Å². The normalized spacial score (nSPS) is 12.4. The summed E-state index contributed by atoms with van der Waals surface area (Å²) in [5.41, 5.74) is 6.66. The molecule has 6 aromatic rings. The van der Waals surface area contributed by atoms with Crippen molar-refractivity contribution in [1.29, 1.82) is 0 Å². The molecule has 7 rings (SSSR count). The molecular formula is C30H19N3O2. The summed E-state index contributed by atoms with van der Waals surface area (Å²) in [7, 11) is 0. The highest BCUT2D eigenvalue weighted by atomic mass is 16.5. The van der Waals surface area contributed by atoms with Gasteiger partial charge < -0.3 is 9.15 Å². The number of furan rings is 1. The van der Waals surface area contributed by atoms with E-state index in [4.69, 9.17) is 9.15 Å². The summed E-state index contributed by atoms with van der Waals surface area (Å²) in [6, 6.07) is 30.0. The molecule has 0 saturated carbocycles. The van der Waals surface area contributed by atoms with E-state index in [9.17, 15) is 0 Å². The van der Waals surface area contributed by atoms with Crippen LogP contribution in [0, 0.1) is 0 Å². The van der Waals surface area contributed by atoms with Crippen LogP contribution in [0.5, 0.6) is 11.5 Å². The van der Waals surface area contributed by atoms with E-state index in [1.54, 1.807) is 6.20 Å². The predicted octanol–water partition coefficient (Wildman–Crippen LogP) is 8.12. The third kappa shape index (κ3) is 3.33. The molecule has 166 valence electrons. The molecule has 0 atom stereocenters. The van der Waals surface area contributed by atoms with Gasteiger partial charge in [-0.25, -0.2) is 4.98 Å². The lowest BCUT2D eigenvalue weighted by molar-refractivity contribution is 0.483. The highest BCUT2D eigenvalue weighted by Gasteiger charge is 2.21. The van der Waals surface area contributed by atoms with Crippen LogP contribution in [0.1, 0.15) is 11.1 Å². The van der Waals surface area contributed by atoms with Gasteiger partial charge in [-0.2, -0.15) is 0 Å². The van der Waals surface area contributed by atoms with Crippen molar-refractivity contribution in [2.75, 3.05) is 4.90 Å². The van der Waals surface area contributed by atoms with E-state index in [0.29, 0.717) is 0 Å². The number of fused-ring (bicyclic) bond motifs is 5. The molecule has 0 unspecified atom stereocenters. The first-order valence-electron chi connectivity index (χ1n) is 11.4. The van der Waals surface area contributed by atoms with Crippen molar-refractivity contribution < 1.29 is 9.15 Å². The first-order valence-corrected chi connectivity index (χ1v) is 11.4. The number of aromatic nitrogens is 2. The molecule has 0 fully saturated rings. The Bertz CT molecular complexity index is 1740. The number of anilines is 3. The maximum Gasteiger partial charge on any atom is 0.153 e. The molecule has 1 aliphatic rings. The molecule has 0 N–H and O–H groups in total. The third-order valence-corrected chi connectivity index (χ3v) is 6.17. The van der Waals surface area contributed by atoms with Gasteiger partial charge in [-0.3, -0.25) is 9.88 Å². The number of para-hydroxylation sites is 1. The average Bonchev–Trinajstić information content (AvgIpc) is 3.19.